The maximum Gasteiger partial charge on any atom is 0.338 e. The molecule has 11 nitrogen and oxygen atoms in total. The number of nitro benzene ring substituents is 1. The molecule has 0 radical (unpaired) electrons. The van der Waals surface area contributed by atoms with Crippen LogP contribution in [-0.4, -0.2) is 65.6 Å². The molecule has 0 aliphatic carbocycles. The van der Waals surface area contributed by atoms with E-state index in [0.717, 1.165) is 30.6 Å². The molecule has 1 saturated heterocycles. The molecule has 3 aromatic rings. The number of piperidine rings is 1. The second-order valence-corrected chi connectivity index (χ2v) is 11.3. The number of non-ortho nitro benzene ring substituents is 1. The molecule has 38 heavy (non-hydrogen) atoms. The summed E-state index contributed by atoms with van der Waals surface area (Å²) in [6, 6.07) is 10.3. The third-order valence-electron chi connectivity index (χ3n) is 6.67. The van der Waals surface area contributed by atoms with Gasteiger partial charge in [0.1, 0.15) is 5.82 Å². The number of amides is 1. The largest absolute Gasteiger partial charge is 0.465 e. The van der Waals surface area contributed by atoms with Gasteiger partial charge >= 0.3 is 5.97 Å². The summed E-state index contributed by atoms with van der Waals surface area (Å²) in [5.41, 5.74) is 0.595. The quantitative estimate of drug-likeness (QED) is 0.240. The molecule has 200 valence electrons. The fourth-order valence-electron chi connectivity index (χ4n) is 4.55. The van der Waals surface area contributed by atoms with E-state index in [4.69, 9.17) is 0 Å². The van der Waals surface area contributed by atoms with E-state index in [-0.39, 0.29) is 39.9 Å². The lowest BCUT2D eigenvalue weighted by Gasteiger charge is -2.32. The summed E-state index contributed by atoms with van der Waals surface area (Å²) in [6.07, 6.45) is 4.58. The van der Waals surface area contributed by atoms with Crippen molar-refractivity contribution < 1.29 is 27.7 Å². The second-order valence-electron chi connectivity index (χ2n) is 9.19. The van der Waals surface area contributed by atoms with Crippen LogP contribution < -0.4 is 0 Å². The number of ether oxygens (including phenoxy) is 1. The van der Waals surface area contributed by atoms with Gasteiger partial charge in [0.25, 0.3) is 11.6 Å². The van der Waals surface area contributed by atoms with Gasteiger partial charge in [-0.1, -0.05) is 17.7 Å². The first-order valence-electron chi connectivity index (χ1n) is 12.1. The molecule has 0 bridgehead atoms. The van der Waals surface area contributed by atoms with Crippen molar-refractivity contribution in [3.05, 3.63) is 87.5 Å². The molecule has 4 rings (SSSR count). The summed E-state index contributed by atoms with van der Waals surface area (Å²) in [7, 11) is -2.29. The fourth-order valence-corrected chi connectivity index (χ4v) is 5.77. The molecular formula is C26H28N4O7S. The number of likely N-dealkylation sites (tertiary alicyclic amines) is 1. The van der Waals surface area contributed by atoms with Crippen molar-refractivity contribution in [2.24, 2.45) is 0 Å². The Labute approximate surface area is 220 Å². The number of sulfone groups is 1. The summed E-state index contributed by atoms with van der Waals surface area (Å²) < 4.78 is 32.1. The predicted octanol–water partition coefficient (Wildman–Crippen LogP) is 3.38. The molecule has 1 amide bonds. The van der Waals surface area contributed by atoms with Gasteiger partial charge in [-0.05, 0) is 38.0 Å². The Bertz CT molecular complexity index is 1460. The second kappa shape index (κ2) is 11.1. The zero-order valence-electron chi connectivity index (χ0n) is 21.1. The van der Waals surface area contributed by atoms with Crippen LogP contribution in [0.2, 0.25) is 0 Å². The first-order chi connectivity index (χ1) is 18.1. The number of imidazole rings is 1. The minimum Gasteiger partial charge on any atom is -0.465 e. The Morgan fingerprint density at radius 2 is 1.76 bits per heavy atom. The molecule has 1 aliphatic rings. The van der Waals surface area contributed by atoms with E-state index in [1.807, 2.05) is 11.5 Å². The molecule has 0 atom stereocenters. The normalized spacial score (nSPS) is 14.3. The first-order valence-corrected chi connectivity index (χ1v) is 13.7. The number of benzene rings is 2. The molecule has 1 aliphatic heterocycles. The van der Waals surface area contributed by atoms with Gasteiger partial charge < -0.3 is 14.2 Å². The van der Waals surface area contributed by atoms with Crippen LogP contribution in [0.5, 0.6) is 0 Å². The first kappa shape index (κ1) is 27.0. The van der Waals surface area contributed by atoms with E-state index in [9.17, 15) is 28.1 Å². The lowest BCUT2D eigenvalue weighted by Crippen LogP contribution is -2.38. The van der Waals surface area contributed by atoms with Crippen molar-refractivity contribution in [3.63, 3.8) is 0 Å². The van der Waals surface area contributed by atoms with E-state index < -0.39 is 26.6 Å². The number of carbonyl (C=O) groups excluding carboxylic acids is 2. The number of hydrogen-bond donors (Lipinski definition) is 0. The van der Waals surface area contributed by atoms with Gasteiger partial charge in [-0.25, -0.2) is 18.2 Å². The number of hydrogen-bond acceptors (Lipinski definition) is 8. The van der Waals surface area contributed by atoms with E-state index in [1.165, 1.54) is 6.07 Å². The molecule has 1 aromatic heterocycles. The minimum atomic E-state index is -3.45. The topological polar surface area (TPSA) is 142 Å². The van der Waals surface area contributed by atoms with Crippen LogP contribution in [0.25, 0.3) is 0 Å². The summed E-state index contributed by atoms with van der Waals surface area (Å²) in [6.45, 7) is 2.92. The number of nitro groups is 1. The molecule has 2 aromatic carbocycles. The van der Waals surface area contributed by atoms with E-state index in [2.05, 4.69) is 9.72 Å². The molecule has 12 heteroatoms. The number of aryl methyl sites for hydroxylation is 2. The third kappa shape index (κ3) is 5.91. The predicted molar refractivity (Wildman–Crippen MR) is 138 cm³/mol. The van der Waals surface area contributed by atoms with Crippen molar-refractivity contribution in [1.29, 1.82) is 0 Å². The highest BCUT2D eigenvalue weighted by atomic mass is 32.2. The van der Waals surface area contributed by atoms with Gasteiger partial charge in [0.15, 0.2) is 9.84 Å². The Morgan fingerprint density at radius 1 is 1.11 bits per heavy atom. The Balaban J connectivity index is 1.42. The van der Waals surface area contributed by atoms with E-state index in [0.29, 0.717) is 25.9 Å². The summed E-state index contributed by atoms with van der Waals surface area (Å²) in [4.78, 5) is 42.1. The van der Waals surface area contributed by atoms with Crippen LogP contribution in [0.3, 0.4) is 0 Å². The highest BCUT2D eigenvalue weighted by Crippen LogP contribution is 2.29. The standard InChI is InChI=1S/C26H28N4O7S/c1-18-3-5-23(6-4-18)38(35,36)14-13-28-12-9-27-24(28)19-7-10-29(11-8-19)25(31)20-15-21(26(32)37-2)17-22(16-20)30(33)34/h3-6,9,12,15-17,19H,7-8,10-11,13-14H2,1-2H3. The maximum absolute atomic E-state index is 13.1. The summed E-state index contributed by atoms with van der Waals surface area (Å²) in [5, 5.41) is 11.3. The fraction of sp³-hybridized carbons (Fsp3) is 0.346. The summed E-state index contributed by atoms with van der Waals surface area (Å²) >= 11 is 0. The third-order valence-corrected chi connectivity index (χ3v) is 8.38. The number of esters is 1. The SMILES string of the molecule is COC(=O)c1cc(C(=O)N2CCC(c3nccn3CCS(=O)(=O)c3ccc(C)cc3)CC2)cc([N+](=O)[O-])c1. The van der Waals surface area contributed by atoms with Crippen molar-refractivity contribution in [2.45, 2.75) is 37.1 Å². The van der Waals surface area contributed by atoms with Crippen molar-refractivity contribution in [2.75, 3.05) is 26.0 Å². The number of methoxy groups -OCH3 is 1. The van der Waals surface area contributed by atoms with E-state index in [1.54, 1.807) is 41.6 Å². The monoisotopic (exact) mass is 540 g/mol. The maximum atomic E-state index is 13.1. The molecule has 0 spiro atoms. The Morgan fingerprint density at radius 3 is 2.39 bits per heavy atom. The average Bonchev–Trinajstić information content (AvgIpc) is 3.40. The smallest absolute Gasteiger partial charge is 0.338 e. The van der Waals surface area contributed by atoms with Crippen molar-refractivity contribution in [1.82, 2.24) is 14.5 Å². The number of carbonyl (C=O) groups is 2. The lowest BCUT2D eigenvalue weighted by molar-refractivity contribution is -0.384. The number of nitrogens with zero attached hydrogens (tertiary/aromatic N) is 4. The highest BCUT2D eigenvalue weighted by Gasteiger charge is 2.29. The van der Waals surface area contributed by atoms with Crippen molar-refractivity contribution >= 4 is 27.4 Å². The van der Waals surface area contributed by atoms with E-state index >= 15 is 0 Å². The van der Waals surface area contributed by atoms with Crippen LogP contribution >= 0.6 is 0 Å². The van der Waals surface area contributed by atoms with Crippen LogP contribution in [0.4, 0.5) is 5.69 Å². The van der Waals surface area contributed by atoms with Gasteiger partial charge in [-0.2, -0.15) is 0 Å². The molecule has 0 N–H and O–H groups in total. The molecule has 0 unspecified atom stereocenters. The lowest BCUT2D eigenvalue weighted by atomic mass is 9.95. The number of rotatable bonds is 8. The highest BCUT2D eigenvalue weighted by molar-refractivity contribution is 7.91. The zero-order valence-corrected chi connectivity index (χ0v) is 21.9. The summed E-state index contributed by atoms with van der Waals surface area (Å²) in [5.74, 6) is -0.458. The van der Waals surface area contributed by atoms with Crippen LogP contribution in [0.15, 0.2) is 59.8 Å². The molecule has 2 heterocycles. The minimum absolute atomic E-state index is 0.0202. The Hall–Kier alpha value is -4.06. The van der Waals surface area contributed by atoms with Gasteiger partial charge in [0.2, 0.25) is 0 Å². The van der Waals surface area contributed by atoms with Gasteiger partial charge in [0.05, 0.1) is 28.2 Å². The molecular weight excluding hydrogens is 512 g/mol. The molecule has 0 saturated carbocycles. The van der Waals surface area contributed by atoms with Gasteiger partial charge in [0, 0.05) is 55.6 Å². The van der Waals surface area contributed by atoms with Crippen LogP contribution in [0.1, 0.15) is 50.9 Å². The molecule has 1 fully saturated rings. The van der Waals surface area contributed by atoms with Crippen LogP contribution in [-0.2, 0) is 21.1 Å². The van der Waals surface area contributed by atoms with Gasteiger partial charge in [-0.15, -0.1) is 0 Å². The van der Waals surface area contributed by atoms with Crippen molar-refractivity contribution in [3.8, 4) is 0 Å². The van der Waals surface area contributed by atoms with Gasteiger partial charge in [-0.3, -0.25) is 14.9 Å². The Kier molecular flexibility index (Phi) is 7.91. The van der Waals surface area contributed by atoms with Crippen LogP contribution in [0, 0.1) is 17.0 Å². The zero-order chi connectivity index (χ0) is 27.4. The number of aromatic nitrogens is 2. The average molecular weight is 541 g/mol.